The van der Waals surface area contributed by atoms with Crippen molar-refractivity contribution in [3.63, 3.8) is 0 Å². The van der Waals surface area contributed by atoms with E-state index >= 15 is 0 Å². The number of carbonyl (C=O) groups excluding carboxylic acids is 1. The molecule has 0 spiro atoms. The van der Waals surface area contributed by atoms with Crippen LogP contribution in [0.25, 0.3) is 0 Å². The molecule has 94 valence electrons. The molecule has 0 N–H and O–H groups in total. The molecular formula is C15H22O2. The molecule has 2 aliphatic carbocycles. The maximum absolute atomic E-state index is 11.8. The first kappa shape index (κ1) is 11.3. The van der Waals surface area contributed by atoms with Crippen LogP contribution in [-0.2, 0) is 9.53 Å². The third-order valence-corrected chi connectivity index (χ3v) is 5.69. The van der Waals surface area contributed by atoms with Crippen LogP contribution in [0.1, 0.15) is 46.5 Å². The van der Waals surface area contributed by atoms with Crippen molar-refractivity contribution in [2.45, 2.75) is 52.6 Å². The van der Waals surface area contributed by atoms with Gasteiger partial charge in [-0.05, 0) is 31.6 Å². The fourth-order valence-electron chi connectivity index (χ4n) is 4.23. The van der Waals surface area contributed by atoms with Crippen LogP contribution < -0.4 is 0 Å². The Morgan fingerprint density at radius 3 is 2.88 bits per heavy atom. The lowest BCUT2D eigenvalue weighted by atomic mass is 9.56. The first-order valence-corrected chi connectivity index (χ1v) is 6.95. The topological polar surface area (TPSA) is 26.3 Å². The van der Waals surface area contributed by atoms with E-state index in [9.17, 15) is 4.79 Å². The van der Waals surface area contributed by atoms with Crippen molar-refractivity contribution in [1.29, 1.82) is 0 Å². The maximum atomic E-state index is 11.8. The number of fused-ring (bicyclic) bond motifs is 3. The zero-order valence-electron chi connectivity index (χ0n) is 11.0. The van der Waals surface area contributed by atoms with E-state index < -0.39 is 0 Å². The maximum Gasteiger partial charge on any atom is 0.309 e. The van der Waals surface area contributed by atoms with Crippen LogP contribution in [0.4, 0.5) is 0 Å². The van der Waals surface area contributed by atoms with Crippen molar-refractivity contribution in [2.75, 3.05) is 0 Å². The highest BCUT2D eigenvalue weighted by Crippen LogP contribution is 2.56. The highest BCUT2D eigenvalue weighted by Gasteiger charge is 2.57. The summed E-state index contributed by atoms with van der Waals surface area (Å²) in [5.74, 6) is 1.21. The van der Waals surface area contributed by atoms with Gasteiger partial charge in [0.2, 0.25) is 0 Å². The molecule has 0 aromatic carbocycles. The van der Waals surface area contributed by atoms with E-state index in [0.29, 0.717) is 11.8 Å². The molecule has 0 radical (unpaired) electrons. The van der Waals surface area contributed by atoms with Crippen molar-refractivity contribution in [1.82, 2.24) is 0 Å². The van der Waals surface area contributed by atoms with Gasteiger partial charge in [-0.3, -0.25) is 4.79 Å². The minimum Gasteiger partial charge on any atom is -0.461 e. The molecule has 0 bridgehead atoms. The molecule has 0 amide bonds. The van der Waals surface area contributed by atoms with E-state index in [1.807, 2.05) is 6.92 Å². The van der Waals surface area contributed by atoms with E-state index in [-0.39, 0.29) is 23.4 Å². The molecule has 3 aliphatic rings. The highest BCUT2D eigenvalue weighted by molar-refractivity contribution is 5.75. The van der Waals surface area contributed by atoms with E-state index in [1.54, 1.807) is 5.57 Å². The van der Waals surface area contributed by atoms with Gasteiger partial charge in [0, 0.05) is 11.3 Å². The Kier molecular flexibility index (Phi) is 2.39. The zero-order chi connectivity index (χ0) is 12.2. The first-order chi connectivity index (χ1) is 8.05. The van der Waals surface area contributed by atoms with Gasteiger partial charge in [-0.2, -0.15) is 0 Å². The zero-order valence-corrected chi connectivity index (χ0v) is 11.0. The molecule has 1 heterocycles. The second-order valence-corrected chi connectivity index (χ2v) is 6.34. The van der Waals surface area contributed by atoms with E-state index in [1.165, 1.54) is 19.3 Å². The van der Waals surface area contributed by atoms with Crippen LogP contribution in [0.5, 0.6) is 0 Å². The summed E-state index contributed by atoms with van der Waals surface area (Å²) in [6, 6.07) is 0. The second kappa shape index (κ2) is 3.60. The lowest BCUT2D eigenvalue weighted by Crippen LogP contribution is -2.48. The number of carbonyl (C=O) groups is 1. The summed E-state index contributed by atoms with van der Waals surface area (Å²) in [5, 5.41) is 0. The highest BCUT2D eigenvalue weighted by atomic mass is 16.6. The molecule has 1 saturated heterocycles. The Bertz CT molecular complexity index is 384. The quantitative estimate of drug-likeness (QED) is 0.475. The lowest BCUT2D eigenvalue weighted by molar-refractivity contribution is -0.149. The summed E-state index contributed by atoms with van der Waals surface area (Å²) in [4.78, 5) is 11.8. The van der Waals surface area contributed by atoms with Crippen molar-refractivity contribution >= 4 is 5.97 Å². The Balaban J connectivity index is 2.02. The Morgan fingerprint density at radius 1 is 1.35 bits per heavy atom. The third kappa shape index (κ3) is 1.36. The van der Waals surface area contributed by atoms with E-state index in [0.717, 1.165) is 6.42 Å². The van der Waals surface area contributed by atoms with Crippen LogP contribution in [-0.4, -0.2) is 12.1 Å². The molecule has 2 nitrogen and oxygen atoms in total. The average Bonchev–Trinajstić information content (AvgIpc) is 2.59. The van der Waals surface area contributed by atoms with Crippen molar-refractivity contribution in [3.8, 4) is 0 Å². The monoisotopic (exact) mass is 234 g/mol. The largest absolute Gasteiger partial charge is 0.461 e. The van der Waals surface area contributed by atoms with Crippen molar-refractivity contribution < 1.29 is 9.53 Å². The van der Waals surface area contributed by atoms with Crippen LogP contribution >= 0.6 is 0 Å². The standard InChI is InChI=1S/C15H22O2/c1-9-5-4-6-11-7-8-12-10(2)14(16)17-13(12)15(9,11)3/h6,9-10,12-13H,4-5,7-8H2,1-3H3/t9-,10?,12+,13-,15+/m0/s1. The molecule has 3 rings (SSSR count). The normalized spacial score (nSPS) is 49.1. The third-order valence-electron chi connectivity index (χ3n) is 5.69. The average molecular weight is 234 g/mol. The minimum absolute atomic E-state index is 0.0280. The molecular weight excluding hydrogens is 212 g/mol. The van der Waals surface area contributed by atoms with Crippen LogP contribution in [0.15, 0.2) is 11.6 Å². The summed E-state index contributed by atoms with van der Waals surface area (Å²) < 4.78 is 5.74. The van der Waals surface area contributed by atoms with Gasteiger partial charge in [0.15, 0.2) is 0 Å². The summed E-state index contributed by atoms with van der Waals surface area (Å²) in [6.07, 6.45) is 7.28. The molecule has 0 aromatic heterocycles. The smallest absolute Gasteiger partial charge is 0.309 e. The Morgan fingerprint density at radius 2 is 2.12 bits per heavy atom. The summed E-state index contributed by atoms with van der Waals surface area (Å²) in [6.45, 7) is 6.69. The lowest BCUT2D eigenvalue weighted by Gasteiger charge is -2.49. The predicted octanol–water partition coefficient (Wildman–Crippen LogP) is 3.32. The first-order valence-electron chi connectivity index (χ1n) is 6.95. The molecule has 2 fully saturated rings. The van der Waals surface area contributed by atoms with E-state index in [2.05, 4.69) is 19.9 Å². The predicted molar refractivity (Wildman–Crippen MR) is 66.4 cm³/mol. The summed E-state index contributed by atoms with van der Waals surface area (Å²) in [5.41, 5.74) is 1.67. The molecule has 1 unspecified atom stereocenters. The molecule has 0 aromatic rings. The van der Waals surface area contributed by atoms with Gasteiger partial charge in [-0.1, -0.05) is 32.4 Å². The SMILES string of the molecule is CC1C(=O)O[C@H]2[C@@H]1CCC1=CCC[C@H](C)[C@]12C. The molecule has 5 atom stereocenters. The number of rotatable bonds is 0. The second-order valence-electron chi connectivity index (χ2n) is 6.34. The molecule has 1 saturated carbocycles. The van der Waals surface area contributed by atoms with Gasteiger partial charge in [0.1, 0.15) is 6.10 Å². The van der Waals surface area contributed by atoms with Crippen molar-refractivity contribution in [2.24, 2.45) is 23.2 Å². The van der Waals surface area contributed by atoms with Gasteiger partial charge in [0.25, 0.3) is 0 Å². The number of allylic oxidation sites excluding steroid dienone is 1. The van der Waals surface area contributed by atoms with Crippen LogP contribution in [0.2, 0.25) is 0 Å². The van der Waals surface area contributed by atoms with Gasteiger partial charge in [-0.25, -0.2) is 0 Å². The summed E-state index contributed by atoms with van der Waals surface area (Å²) >= 11 is 0. The van der Waals surface area contributed by atoms with Gasteiger partial charge < -0.3 is 4.74 Å². The summed E-state index contributed by atoms with van der Waals surface area (Å²) in [7, 11) is 0. The Hall–Kier alpha value is -0.790. The number of hydrogen-bond donors (Lipinski definition) is 0. The number of hydrogen-bond acceptors (Lipinski definition) is 2. The molecule has 2 heteroatoms. The minimum atomic E-state index is 0.0280. The van der Waals surface area contributed by atoms with E-state index in [4.69, 9.17) is 4.74 Å². The van der Waals surface area contributed by atoms with Gasteiger partial charge in [0.05, 0.1) is 5.92 Å². The van der Waals surface area contributed by atoms with Crippen molar-refractivity contribution in [3.05, 3.63) is 11.6 Å². The van der Waals surface area contributed by atoms with Gasteiger partial charge in [-0.15, -0.1) is 0 Å². The molecule has 1 aliphatic heterocycles. The fraction of sp³-hybridized carbons (Fsp3) is 0.800. The Labute approximate surface area is 103 Å². The molecule has 17 heavy (non-hydrogen) atoms. The van der Waals surface area contributed by atoms with Crippen LogP contribution in [0, 0.1) is 23.2 Å². The van der Waals surface area contributed by atoms with Gasteiger partial charge >= 0.3 is 5.97 Å². The number of ether oxygens (including phenoxy) is 1. The fourth-order valence-corrected chi connectivity index (χ4v) is 4.23. The number of esters is 1. The van der Waals surface area contributed by atoms with Crippen LogP contribution in [0.3, 0.4) is 0 Å².